The Morgan fingerprint density at radius 1 is 1.44 bits per heavy atom. The molecule has 2 aromatic rings. The molecule has 0 aliphatic rings. The molecule has 0 saturated heterocycles. The van der Waals surface area contributed by atoms with E-state index in [1.807, 2.05) is 13.2 Å². The lowest BCUT2D eigenvalue weighted by Crippen LogP contribution is -2.06. The van der Waals surface area contributed by atoms with Crippen LogP contribution in [0.15, 0.2) is 24.4 Å². The third-order valence-corrected chi connectivity index (χ3v) is 3.40. The Kier molecular flexibility index (Phi) is 3.22. The molecule has 16 heavy (non-hydrogen) atoms. The number of nitrogens with one attached hydrogen (secondary N) is 1. The van der Waals surface area contributed by atoms with E-state index < -0.39 is 0 Å². The maximum atomic E-state index is 5.64. The van der Waals surface area contributed by atoms with Gasteiger partial charge in [-0.3, -0.25) is 0 Å². The predicted octanol–water partition coefficient (Wildman–Crippen LogP) is 2.42. The summed E-state index contributed by atoms with van der Waals surface area (Å²) in [4.78, 5) is 5.19. The van der Waals surface area contributed by atoms with Crippen LogP contribution in [0.1, 0.15) is 11.1 Å². The topological polar surface area (TPSA) is 50.9 Å². The van der Waals surface area contributed by atoms with Crippen LogP contribution in [0, 0.1) is 6.92 Å². The van der Waals surface area contributed by atoms with E-state index in [1.165, 1.54) is 28.0 Å². The number of hydrogen-bond donors (Lipinski definition) is 2. The first-order chi connectivity index (χ1) is 7.70. The van der Waals surface area contributed by atoms with Crippen LogP contribution in [0.2, 0.25) is 0 Å². The smallest absolute Gasteiger partial charge is 0.180 e. The molecule has 0 aliphatic carbocycles. The zero-order valence-corrected chi connectivity index (χ0v) is 10.3. The van der Waals surface area contributed by atoms with E-state index in [9.17, 15) is 0 Å². The lowest BCUT2D eigenvalue weighted by molar-refractivity contribution is 0.812. The van der Waals surface area contributed by atoms with Gasteiger partial charge in [0.05, 0.1) is 4.88 Å². The molecule has 0 unspecified atom stereocenters. The molecule has 1 aromatic carbocycles. The van der Waals surface area contributed by atoms with Gasteiger partial charge in [-0.15, -0.1) is 0 Å². The van der Waals surface area contributed by atoms with Gasteiger partial charge in [0.15, 0.2) is 5.13 Å². The third-order valence-electron chi connectivity index (χ3n) is 2.52. The van der Waals surface area contributed by atoms with E-state index in [1.54, 1.807) is 0 Å². The van der Waals surface area contributed by atoms with Crippen molar-refractivity contribution in [3.63, 3.8) is 0 Å². The lowest BCUT2D eigenvalue weighted by Gasteiger charge is -2.07. The van der Waals surface area contributed by atoms with Crippen LogP contribution in [0.5, 0.6) is 0 Å². The number of nitrogens with zero attached hydrogens (tertiary/aromatic N) is 1. The molecule has 1 heterocycles. The average molecular weight is 233 g/mol. The standard InChI is InChI=1S/C12H15N3S/c1-8-3-4-9(5-10(8)6-14-2)11-7-15-12(13)16-11/h3-5,7,14H,6H2,1-2H3,(H2,13,15). The summed E-state index contributed by atoms with van der Waals surface area (Å²) in [5.74, 6) is 0. The average Bonchev–Trinajstić information content (AvgIpc) is 2.69. The Morgan fingerprint density at radius 2 is 2.25 bits per heavy atom. The Balaban J connectivity index is 2.39. The van der Waals surface area contributed by atoms with Crippen molar-refractivity contribution >= 4 is 16.5 Å². The van der Waals surface area contributed by atoms with E-state index in [0.29, 0.717) is 5.13 Å². The molecule has 2 rings (SSSR count). The van der Waals surface area contributed by atoms with Crippen LogP contribution in [-0.4, -0.2) is 12.0 Å². The zero-order chi connectivity index (χ0) is 11.5. The van der Waals surface area contributed by atoms with E-state index in [-0.39, 0.29) is 0 Å². The van der Waals surface area contributed by atoms with Gasteiger partial charge in [-0.25, -0.2) is 4.98 Å². The summed E-state index contributed by atoms with van der Waals surface area (Å²) in [6.07, 6.45) is 1.83. The summed E-state index contributed by atoms with van der Waals surface area (Å²) in [7, 11) is 1.96. The van der Waals surface area contributed by atoms with Gasteiger partial charge in [0.2, 0.25) is 0 Å². The molecule has 0 fully saturated rings. The minimum absolute atomic E-state index is 0.616. The maximum absolute atomic E-state index is 5.64. The molecule has 0 spiro atoms. The van der Waals surface area contributed by atoms with Crippen LogP contribution in [-0.2, 0) is 6.54 Å². The van der Waals surface area contributed by atoms with Gasteiger partial charge in [0, 0.05) is 12.7 Å². The van der Waals surface area contributed by atoms with Crippen LogP contribution in [0.25, 0.3) is 10.4 Å². The van der Waals surface area contributed by atoms with Gasteiger partial charge in [0.25, 0.3) is 0 Å². The molecular formula is C12H15N3S. The molecule has 84 valence electrons. The quantitative estimate of drug-likeness (QED) is 0.856. The van der Waals surface area contributed by atoms with Crippen LogP contribution in [0.4, 0.5) is 5.13 Å². The minimum atomic E-state index is 0.616. The number of nitrogens with two attached hydrogens (primary N) is 1. The summed E-state index contributed by atoms with van der Waals surface area (Å²) >= 11 is 1.52. The van der Waals surface area contributed by atoms with Gasteiger partial charge in [-0.2, -0.15) is 0 Å². The van der Waals surface area contributed by atoms with Gasteiger partial charge < -0.3 is 11.1 Å². The molecule has 3 nitrogen and oxygen atoms in total. The fraction of sp³-hybridized carbons (Fsp3) is 0.250. The number of nitrogen functional groups attached to an aromatic ring is 1. The second-order valence-corrected chi connectivity index (χ2v) is 4.80. The van der Waals surface area contributed by atoms with E-state index >= 15 is 0 Å². The van der Waals surface area contributed by atoms with Crippen molar-refractivity contribution in [3.8, 4) is 10.4 Å². The Hall–Kier alpha value is -1.39. The summed E-state index contributed by atoms with van der Waals surface area (Å²) < 4.78 is 0. The Bertz CT molecular complexity index is 491. The second kappa shape index (κ2) is 4.63. The number of thiazole rings is 1. The summed E-state index contributed by atoms with van der Waals surface area (Å²) in [5.41, 5.74) is 9.44. The van der Waals surface area contributed by atoms with Gasteiger partial charge >= 0.3 is 0 Å². The summed E-state index contributed by atoms with van der Waals surface area (Å²) in [6, 6.07) is 6.44. The zero-order valence-electron chi connectivity index (χ0n) is 9.45. The number of rotatable bonds is 3. The molecule has 4 heteroatoms. The highest BCUT2D eigenvalue weighted by Crippen LogP contribution is 2.28. The normalized spacial score (nSPS) is 10.6. The molecule has 0 radical (unpaired) electrons. The highest BCUT2D eigenvalue weighted by atomic mass is 32.1. The van der Waals surface area contributed by atoms with Crippen LogP contribution < -0.4 is 11.1 Å². The SMILES string of the molecule is CNCc1cc(-c2cnc(N)s2)ccc1C. The van der Waals surface area contributed by atoms with Crippen molar-refractivity contribution in [2.75, 3.05) is 12.8 Å². The van der Waals surface area contributed by atoms with Crippen molar-refractivity contribution < 1.29 is 0 Å². The second-order valence-electron chi connectivity index (χ2n) is 3.73. The first-order valence-electron chi connectivity index (χ1n) is 5.16. The Labute approximate surface area is 99.3 Å². The molecule has 0 saturated carbocycles. The summed E-state index contributed by atoms with van der Waals surface area (Å²) in [5, 5.41) is 3.79. The van der Waals surface area contributed by atoms with E-state index in [0.717, 1.165) is 11.4 Å². The van der Waals surface area contributed by atoms with E-state index in [2.05, 4.69) is 35.4 Å². The van der Waals surface area contributed by atoms with Crippen molar-refractivity contribution in [1.82, 2.24) is 10.3 Å². The van der Waals surface area contributed by atoms with E-state index in [4.69, 9.17) is 5.73 Å². The van der Waals surface area contributed by atoms with Gasteiger partial charge in [-0.05, 0) is 36.7 Å². The Morgan fingerprint density at radius 3 is 2.88 bits per heavy atom. The fourth-order valence-corrected chi connectivity index (χ4v) is 2.31. The number of aryl methyl sites for hydroxylation is 1. The fourth-order valence-electron chi connectivity index (χ4n) is 1.63. The molecule has 0 aliphatic heterocycles. The highest BCUT2D eigenvalue weighted by molar-refractivity contribution is 7.18. The first kappa shape index (κ1) is 11.1. The van der Waals surface area contributed by atoms with Gasteiger partial charge in [-0.1, -0.05) is 23.5 Å². The predicted molar refractivity (Wildman–Crippen MR) is 69.5 cm³/mol. The highest BCUT2D eigenvalue weighted by Gasteiger charge is 2.04. The molecule has 0 atom stereocenters. The molecule has 0 bridgehead atoms. The third kappa shape index (κ3) is 2.23. The largest absolute Gasteiger partial charge is 0.375 e. The number of hydrogen-bond acceptors (Lipinski definition) is 4. The number of aromatic nitrogens is 1. The molecule has 0 amide bonds. The van der Waals surface area contributed by atoms with Crippen molar-refractivity contribution in [3.05, 3.63) is 35.5 Å². The van der Waals surface area contributed by atoms with Crippen molar-refractivity contribution in [2.45, 2.75) is 13.5 Å². The van der Waals surface area contributed by atoms with Crippen LogP contribution in [0.3, 0.4) is 0 Å². The van der Waals surface area contributed by atoms with Gasteiger partial charge in [0.1, 0.15) is 0 Å². The maximum Gasteiger partial charge on any atom is 0.180 e. The molecule has 3 N–H and O–H groups in total. The first-order valence-corrected chi connectivity index (χ1v) is 5.98. The van der Waals surface area contributed by atoms with Crippen molar-refractivity contribution in [2.24, 2.45) is 0 Å². The lowest BCUT2D eigenvalue weighted by atomic mass is 10.0. The number of anilines is 1. The number of benzene rings is 1. The monoisotopic (exact) mass is 233 g/mol. The minimum Gasteiger partial charge on any atom is -0.375 e. The van der Waals surface area contributed by atoms with Crippen LogP contribution >= 0.6 is 11.3 Å². The molecule has 1 aromatic heterocycles. The molecular weight excluding hydrogens is 218 g/mol. The summed E-state index contributed by atoms with van der Waals surface area (Å²) in [6.45, 7) is 3.01. The van der Waals surface area contributed by atoms with Crippen molar-refractivity contribution in [1.29, 1.82) is 0 Å².